The monoisotopic (exact) mass is 230 g/mol. The molecule has 1 saturated heterocycles. The summed E-state index contributed by atoms with van der Waals surface area (Å²) in [5.41, 5.74) is 0. The number of hydrogen-bond acceptors (Lipinski definition) is 4. The largest absolute Gasteiger partial charge is 0.453 e. The zero-order chi connectivity index (χ0) is 12.0. The predicted octanol–water partition coefficient (Wildman–Crippen LogP) is 0.842. The Labute approximate surface area is 97.1 Å². The third-order valence-corrected chi connectivity index (χ3v) is 2.79. The standard InChI is InChI=1S/C11H22N2O3/c1-9(8-15-2)12-10-5-4-6-13(7-10)11(14)16-3/h9-10,12H,4-8H2,1-3H3. The molecule has 1 N–H and O–H groups in total. The van der Waals surface area contributed by atoms with Gasteiger partial charge in [-0.3, -0.25) is 0 Å². The number of amides is 1. The Hall–Kier alpha value is -0.810. The summed E-state index contributed by atoms with van der Waals surface area (Å²) in [4.78, 5) is 13.1. The van der Waals surface area contributed by atoms with Crippen molar-refractivity contribution in [3.8, 4) is 0 Å². The molecular formula is C11H22N2O3. The molecule has 0 bridgehead atoms. The first-order chi connectivity index (χ1) is 7.67. The van der Waals surface area contributed by atoms with Crippen LogP contribution in [0.1, 0.15) is 19.8 Å². The third-order valence-electron chi connectivity index (χ3n) is 2.79. The Morgan fingerprint density at radius 2 is 2.31 bits per heavy atom. The van der Waals surface area contributed by atoms with E-state index in [1.807, 2.05) is 0 Å². The molecule has 0 aromatic heterocycles. The molecule has 1 aliphatic rings. The molecule has 0 aromatic rings. The lowest BCUT2D eigenvalue weighted by molar-refractivity contribution is 0.101. The molecule has 1 rings (SSSR count). The van der Waals surface area contributed by atoms with Crippen molar-refractivity contribution in [3.63, 3.8) is 0 Å². The van der Waals surface area contributed by atoms with E-state index in [4.69, 9.17) is 9.47 Å². The molecule has 0 radical (unpaired) electrons. The minimum Gasteiger partial charge on any atom is -0.453 e. The second-order valence-corrected chi connectivity index (χ2v) is 4.28. The summed E-state index contributed by atoms with van der Waals surface area (Å²) in [5, 5.41) is 3.45. The van der Waals surface area contributed by atoms with Gasteiger partial charge in [-0.1, -0.05) is 0 Å². The van der Waals surface area contributed by atoms with Crippen LogP contribution in [0.15, 0.2) is 0 Å². The first-order valence-corrected chi connectivity index (χ1v) is 5.75. The van der Waals surface area contributed by atoms with Gasteiger partial charge in [-0.2, -0.15) is 0 Å². The van der Waals surface area contributed by atoms with Crippen LogP contribution < -0.4 is 5.32 Å². The van der Waals surface area contributed by atoms with Crippen LogP contribution in [0.5, 0.6) is 0 Å². The molecule has 5 heteroatoms. The molecule has 2 unspecified atom stereocenters. The van der Waals surface area contributed by atoms with Crippen molar-refractivity contribution in [2.24, 2.45) is 0 Å². The maximum atomic E-state index is 11.4. The molecule has 5 nitrogen and oxygen atoms in total. The lowest BCUT2D eigenvalue weighted by Gasteiger charge is -2.33. The maximum Gasteiger partial charge on any atom is 0.409 e. The molecule has 16 heavy (non-hydrogen) atoms. The Morgan fingerprint density at radius 1 is 1.56 bits per heavy atom. The molecule has 1 aliphatic heterocycles. The van der Waals surface area contributed by atoms with Crippen LogP contribution in [0.4, 0.5) is 4.79 Å². The summed E-state index contributed by atoms with van der Waals surface area (Å²) in [6.07, 6.45) is 1.89. The van der Waals surface area contributed by atoms with Crippen molar-refractivity contribution in [2.45, 2.75) is 31.8 Å². The molecule has 1 amide bonds. The Kier molecular flexibility index (Phi) is 5.55. The summed E-state index contributed by atoms with van der Waals surface area (Å²) in [5.74, 6) is 0. The highest BCUT2D eigenvalue weighted by Gasteiger charge is 2.24. The van der Waals surface area contributed by atoms with Crippen LogP contribution in [0.25, 0.3) is 0 Å². The van der Waals surface area contributed by atoms with E-state index < -0.39 is 0 Å². The fourth-order valence-electron chi connectivity index (χ4n) is 2.11. The van der Waals surface area contributed by atoms with Crippen LogP contribution >= 0.6 is 0 Å². The van der Waals surface area contributed by atoms with Gasteiger partial charge >= 0.3 is 6.09 Å². The highest BCUT2D eigenvalue weighted by atomic mass is 16.5. The Morgan fingerprint density at radius 3 is 2.94 bits per heavy atom. The maximum absolute atomic E-state index is 11.4. The normalized spacial score (nSPS) is 22.9. The van der Waals surface area contributed by atoms with E-state index in [-0.39, 0.29) is 6.09 Å². The summed E-state index contributed by atoms with van der Waals surface area (Å²) in [6.45, 7) is 4.29. The minimum atomic E-state index is -0.231. The predicted molar refractivity (Wildman–Crippen MR) is 61.5 cm³/mol. The smallest absolute Gasteiger partial charge is 0.409 e. The highest BCUT2D eigenvalue weighted by molar-refractivity contribution is 5.67. The van der Waals surface area contributed by atoms with Gasteiger partial charge in [0.15, 0.2) is 0 Å². The summed E-state index contributed by atoms with van der Waals surface area (Å²) in [6, 6.07) is 0.658. The van der Waals surface area contributed by atoms with Gasteiger partial charge < -0.3 is 19.7 Å². The molecule has 1 fully saturated rings. The van der Waals surface area contributed by atoms with Gasteiger partial charge in [0.1, 0.15) is 0 Å². The lowest BCUT2D eigenvalue weighted by Crippen LogP contribution is -2.51. The molecule has 0 saturated carbocycles. The second-order valence-electron chi connectivity index (χ2n) is 4.28. The number of rotatable bonds is 4. The quantitative estimate of drug-likeness (QED) is 0.777. The van der Waals surface area contributed by atoms with E-state index in [0.717, 1.165) is 25.9 Å². The number of nitrogens with one attached hydrogen (secondary N) is 1. The van der Waals surface area contributed by atoms with Gasteiger partial charge in [-0.05, 0) is 19.8 Å². The lowest BCUT2D eigenvalue weighted by atomic mass is 10.1. The third kappa shape index (κ3) is 3.98. The van der Waals surface area contributed by atoms with E-state index in [0.29, 0.717) is 18.7 Å². The van der Waals surface area contributed by atoms with Crippen LogP contribution in [-0.4, -0.2) is 57.0 Å². The van der Waals surface area contributed by atoms with Gasteiger partial charge in [0.2, 0.25) is 0 Å². The Bertz CT molecular complexity index is 223. The number of carbonyl (C=O) groups excluding carboxylic acids is 1. The number of hydrogen-bond donors (Lipinski definition) is 1. The average Bonchev–Trinajstić information content (AvgIpc) is 2.28. The SMILES string of the molecule is COCC(C)NC1CCCN(C(=O)OC)C1. The second kappa shape index (κ2) is 6.70. The highest BCUT2D eigenvalue weighted by Crippen LogP contribution is 2.11. The molecule has 2 atom stereocenters. The first-order valence-electron chi connectivity index (χ1n) is 5.75. The van der Waals surface area contributed by atoms with E-state index in [1.54, 1.807) is 12.0 Å². The zero-order valence-electron chi connectivity index (χ0n) is 10.4. The van der Waals surface area contributed by atoms with Crippen molar-refractivity contribution in [3.05, 3.63) is 0 Å². The van der Waals surface area contributed by atoms with Crippen molar-refractivity contribution in [2.75, 3.05) is 33.9 Å². The van der Waals surface area contributed by atoms with Gasteiger partial charge in [0, 0.05) is 32.3 Å². The van der Waals surface area contributed by atoms with Gasteiger partial charge in [-0.15, -0.1) is 0 Å². The molecular weight excluding hydrogens is 208 g/mol. The fourth-order valence-corrected chi connectivity index (χ4v) is 2.11. The number of likely N-dealkylation sites (tertiary alicyclic amines) is 1. The fraction of sp³-hybridized carbons (Fsp3) is 0.909. The van der Waals surface area contributed by atoms with E-state index in [9.17, 15) is 4.79 Å². The van der Waals surface area contributed by atoms with Crippen LogP contribution in [-0.2, 0) is 9.47 Å². The van der Waals surface area contributed by atoms with E-state index >= 15 is 0 Å². The van der Waals surface area contributed by atoms with E-state index in [1.165, 1.54) is 7.11 Å². The van der Waals surface area contributed by atoms with Crippen molar-refractivity contribution in [1.29, 1.82) is 0 Å². The number of carbonyl (C=O) groups is 1. The van der Waals surface area contributed by atoms with Gasteiger partial charge in [0.25, 0.3) is 0 Å². The molecule has 0 aliphatic carbocycles. The zero-order valence-corrected chi connectivity index (χ0v) is 10.4. The summed E-state index contributed by atoms with van der Waals surface area (Å²) < 4.78 is 9.80. The number of piperidine rings is 1. The summed E-state index contributed by atoms with van der Waals surface area (Å²) in [7, 11) is 3.12. The molecule has 0 spiro atoms. The first kappa shape index (κ1) is 13.3. The van der Waals surface area contributed by atoms with Crippen molar-refractivity contribution in [1.82, 2.24) is 10.2 Å². The number of nitrogens with zero attached hydrogens (tertiary/aromatic N) is 1. The van der Waals surface area contributed by atoms with Crippen LogP contribution in [0.2, 0.25) is 0 Å². The van der Waals surface area contributed by atoms with E-state index in [2.05, 4.69) is 12.2 Å². The Balaban J connectivity index is 2.35. The van der Waals surface area contributed by atoms with Crippen molar-refractivity contribution < 1.29 is 14.3 Å². The molecule has 94 valence electrons. The number of methoxy groups -OCH3 is 2. The minimum absolute atomic E-state index is 0.231. The average molecular weight is 230 g/mol. The van der Waals surface area contributed by atoms with Crippen LogP contribution in [0, 0.1) is 0 Å². The van der Waals surface area contributed by atoms with Crippen LogP contribution in [0.3, 0.4) is 0 Å². The number of ether oxygens (including phenoxy) is 2. The van der Waals surface area contributed by atoms with Gasteiger partial charge in [-0.25, -0.2) is 4.79 Å². The molecule has 0 aromatic carbocycles. The van der Waals surface area contributed by atoms with Crippen molar-refractivity contribution >= 4 is 6.09 Å². The summed E-state index contributed by atoms with van der Waals surface area (Å²) >= 11 is 0. The van der Waals surface area contributed by atoms with Gasteiger partial charge in [0.05, 0.1) is 13.7 Å². The molecule has 1 heterocycles. The topological polar surface area (TPSA) is 50.8 Å².